The van der Waals surface area contributed by atoms with E-state index in [2.05, 4.69) is 9.97 Å². The van der Waals surface area contributed by atoms with E-state index in [4.69, 9.17) is 11.6 Å². The highest BCUT2D eigenvalue weighted by Gasteiger charge is 2.37. The van der Waals surface area contributed by atoms with Crippen molar-refractivity contribution in [3.8, 4) is 0 Å². The number of aromatic nitrogens is 2. The molecule has 2 rings (SSSR count). The van der Waals surface area contributed by atoms with Crippen LogP contribution in [0, 0.1) is 0 Å². The number of nitrogens with zero attached hydrogens (tertiary/aromatic N) is 2. The molecular formula is C12H9ClF3N3O. The van der Waals surface area contributed by atoms with Gasteiger partial charge in [0.1, 0.15) is 5.02 Å². The minimum absolute atomic E-state index is 0.238. The van der Waals surface area contributed by atoms with Crippen LogP contribution in [0.25, 0.3) is 0 Å². The highest BCUT2D eigenvalue weighted by molar-refractivity contribution is 6.31. The van der Waals surface area contributed by atoms with Crippen LogP contribution >= 0.6 is 11.6 Å². The van der Waals surface area contributed by atoms with E-state index in [-0.39, 0.29) is 5.95 Å². The quantitative estimate of drug-likeness (QED) is 0.927. The van der Waals surface area contributed by atoms with Crippen molar-refractivity contribution in [3.05, 3.63) is 51.4 Å². The Morgan fingerprint density at radius 3 is 2.40 bits per heavy atom. The lowest BCUT2D eigenvalue weighted by Crippen LogP contribution is -2.24. The molecule has 0 fully saturated rings. The fourth-order valence-corrected chi connectivity index (χ4v) is 1.76. The largest absolute Gasteiger partial charge is 0.435 e. The molecule has 0 aliphatic carbocycles. The van der Waals surface area contributed by atoms with Crippen LogP contribution in [-0.2, 0) is 6.18 Å². The van der Waals surface area contributed by atoms with Gasteiger partial charge in [-0.05, 0) is 12.1 Å². The second kappa shape index (κ2) is 5.16. The zero-order chi connectivity index (χ0) is 14.9. The van der Waals surface area contributed by atoms with E-state index in [0.29, 0.717) is 5.69 Å². The molecule has 0 atom stereocenters. The first-order valence-electron chi connectivity index (χ1n) is 5.46. The van der Waals surface area contributed by atoms with Crippen LogP contribution in [0.4, 0.5) is 24.8 Å². The summed E-state index contributed by atoms with van der Waals surface area (Å²) in [6, 6.07) is 8.52. The molecule has 0 saturated heterocycles. The van der Waals surface area contributed by atoms with Crippen LogP contribution in [-0.4, -0.2) is 17.0 Å². The van der Waals surface area contributed by atoms with E-state index in [1.165, 1.54) is 11.9 Å². The number of aromatic amines is 1. The number of para-hydroxylation sites is 1. The van der Waals surface area contributed by atoms with E-state index >= 15 is 0 Å². The minimum atomic E-state index is -4.79. The molecule has 0 aliphatic heterocycles. The topological polar surface area (TPSA) is 49.0 Å². The summed E-state index contributed by atoms with van der Waals surface area (Å²) < 4.78 is 38.3. The molecule has 1 aromatic heterocycles. The third-order valence-corrected chi connectivity index (χ3v) is 2.93. The van der Waals surface area contributed by atoms with E-state index in [1.807, 2.05) is 0 Å². The predicted molar refractivity (Wildman–Crippen MR) is 69.4 cm³/mol. The summed E-state index contributed by atoms with van der Waals surface area (Å²) >= 11 is 5.36. The number of H-pyrrole nitrogens is 1. The Labute approximate surface area is 116 Å². The van der Waals surface area contributed by atoms with Gasteiger partial charge >= 0.3 is 6.18 Å². The first kappa shape index (κ1) is 14.4. The summed E-state index contributed by atoms with van der Waals surface area (Å²) in [6.45, 7) is 0. The normalized spacial score (nSPS) is 11.4. The SMILES string of the molecule is CN(c1ccccc1)c1nc(C(F)(F)F)c(Cl)c(=O)[nH]1. The van der Waals surface area contributed by atoms with Gasteiger partial charge in [-0.2, -0.15) is 13.2 Å². The van der Waals surface area contributed by atoms with Crippen molar-refractivity contribution in [2.75, 3.05) is 11.9 Å². The maximum atomic E-state index is 12.8. The number of nitrogens with one attached hydrogen (secondary N) is 1. The molecule has 106 valence electrons. The van der Waals surface area contributed by atoms with Gasteiger partial charge in [0.25, 0.3) is 5.56 Å². The number of halogens is 4. The van der Waals surface area contributed by atoms with Crippen LogP contribution in [0.1, 0.15) is 5.69 Å². The van der Waals surface area contributed by atoms with Gasteiger partial charge in [-0.1, -0.05) is 29.8 Å². The number of hydrogen-bond donors (Lipinski definition) is 1. The van der Waals surface area contributed by atoms with Crippen molar-refractivity contribution >= 4 is 23.2 Å². The number of anilines is 2. The molecule has 1 N–H and O–H groups in total. The van der Waals surface area contributed by atoms with Crippen molar-refractivity contribution in [3.63, 3.8) is 0 Å². The van der Waals surface area contributed by atoms with E-state index in [0.717, 1.165) is 0 Å². The molecule has 0 aliphatic rings. The first-order valence-corrected chi connectivity index (χ1v) is 5.84. The maximum Gasteiger partial charge on any atom is 0.435 e. The fraction of sp³-hybridized carbons (Fsp3) is 0.167. The number of rotatable bonds is 2. The van der Waals surface area contributed by atoms with Crippen LogP contribution < -0.4 is 10.5 Å². The molecule has 1 heterocycles. The van der Waals surface area contributed by atoms with Crippen LogP contribution in [0.3, 0.4) is 0 Å². The van der Waals surface area contributed by atoms with Gasteiger partial charge < -0.3 is 4.90 Å². The molecule has 20 heavy (non-hydrogen) atoms. The molecular weight excluding hydrogens is 295 g/mol. The number of hydrogen-bond acceptors (Lipinski definition) is 3. The van der Waals surface area contributed by atoms with Crippen molar-refractivity contribution in [1.82, 2.24) is 9.97 Å². The summed E-state index contributed by atoms with van der Waals surface area (Å²) in [5, 5.41) is -0.970. The van der Waals surface area contributed by atoms with Gasteiger partial charge in [0.05, 0.1) is 0 Å². The van der Waals surface area contributed by atoms with Crippen LogP contribution in [0.5, 0.6) is 0 Å². The molecule has 1 aromatic carbocycles. The minimum Gasteiger partial charge on any atom is -0.315 e. The van der Waals surface area contributed by atoms with Gasteiger partial charge in [0.15, 0.2) is 5.69 Å². The Morgan fingerprint density at radius 1 is 1.25 bits per heavy atom. The summed E-state index contributed by atoms with van der Waals surface area (Å²) in [4.78, 5) is 18.4. The molecule has 0 amide bonds. The third kappa shape index (κ3) is 2.77. The van der Waals surface area contributed by atoms with Crippen LogP contribution in [0.2, 0.25) is 5.02 Å². The lowest BCUT2D eigenvalue weighted by atomic mass is 10.3. The highest BCUT2D eigenvalue weighted by Crippen LogP contribution is 2.32. The van der Waals surface area contributed by atoms with Crippen molar-refractivity contribution in [1.29, 1.82) is 0 Å². The average Bonchev–Trinajstić information content (AvgIpc) is 2.40. The molecule has 2 aromatic rings. The number of alkyl halides is 3. The summed E-state index contributed by atoms with van der Waals surface area (Å²) in [7, 11) is 1.49. The summed E-state index contributed by atoms with van der Waals surface area (Å²) in [5.41, 5.74) is -1.86. The van der Waals surface area contributed by atoms with Gasteiger partial charge in [0, 0.05) is 12.7 Å². The van der Waals surface area contributed by atoms with Crippen molar-refractivity contribution < 1.29 is 13.2 Å². The second-order valence-electron chi connectivity index (χ2n) is 3.94. The van der Waals surface area contributed by atoms with Gasteiger partial charge in [-0.3, -0.25) is 9.78 Å². The lowest BCUT2D eigenvalue weighted by Gasteiger charge is -2.19. The molecule has 0 bridgehead atoms. The van der Waals surface area contributed by atoms with Crippen molar-refractivity contribution in [2.24, 2.45) is 0 Å². The molecule has 0 saturated carbocycles. The highest BCUT2D eigenvalue weighted by atomic mass is 35.5. The van der Waals surface area contributed by atoms with Gasteiger partial charge in [-0.25, -0.2) is 4.98 Å². The second-order valence-corrected chi connectivity index (χ2v) is 4.32. The van der Waals surface area contributed by atoms with Gasteiger partial charge in [0.2, 0.25) is 5.95 Å². The van der Waals surface area contributed by atoms with Gasteiger partial charge in [-0.15, -0.1) is 0 Å². The Morgan fingerprint density at radius 2 is 1.85 bits per heavy atom. The Hall–Kier alpha value is -2.02. The van der Waals surface area contributed by atoms with Crippen LogP contribution in [0.15, 0.2) is 35.1 Å². The molecule has 0 unspecified atom stereocenters. The lowest BCUT2D eigenvalue weighted by molar-refractivity contribution is -0.141. The summed E-state index contributed by atoms with van der Waals surface area (Å²) in [5.74, 6) is -0.238. The Balaban J connectivity index is 2.54. The monoisotopic (exact) mass is 303 g/mol. The van der Waals surface area contributed by atoms with E-state index in [9.17, 15) is 18.0 Å². The summed E-state index contributed by atoms with van der Waals surface area (Å²) in [6.07, 6.45) is -4.79. The Bertz CT molecular complexity index is 670. The molecule has 0 spiro atoms. The number of benzene rings is 1. The van der Waals surface area contributed by atoms with Crippen molar-refractivity contribution in [2.45, 2.75) is 6.18 Å². The molecule has 8 heteroatoms. The third-order valence-electron chi connectivity index (χ3n) is 2.58. The average molecular weight is 304 g/mol. The van der Waals surface area contributed by atoms with E-state index < -0.39 is 22.5 Å². The molecule has 4 nitrogen and oxygen atoms in total. The fourth-order valence-electron chi connectivity index (χ4n) is 1.57. The maximum absolute atomic E-state index is 12.8. The zero-order valence-electron chi connectivity index (χ0n) is 10.2. The van der Waals surface area contributed by atoms with E-state index in [1.54, 1.807) is 30.3 Å². The first-order chi connectivity index (χ1) is 9.30. The molecule has 0 radical (unpaired) electrons. The Kier molecular flexibility index (Phi) is 3.71. The zero-order valence-corrected chi connectivity index (χ0v) is 11.0. The predicted octanol–water partition coefficient (Wildman–Crippen LogP) is 3.21. The smallest absolute Gasteiger partial charge is 0.315 e. The standard InChI is InChI=1S/C12H9ClF3N3O/c1-19(7-5-3-2-4-6-7)11-17-9(12(14,15)16)8(13)10(20)18-11/h2-6H,1H3,(H,17,18,20).